The molecule has 0 amide bonds. The van der Waals surface area contributed by atoms with Gasteiger partial charge in [-0.15, -0.1) is 0 Å². The Labute approximate surface area is 109 Å². The molecule has 0 bridgehead atoms. The van der Waals surface area contributed by atoms with Crippen molar-refractivity contribution in [1.29, 1.82) is 0 Å². The van der Waals surface area contributed by atoms with Gasteiger partial charge in [-0.05, 0) is 30.3 Å². The fraction of sp³-hybridized carbons (Fsp3) is 0.0714. The summed E-state index contributed by atoms with van der Waals surface area (Å²) in [5.74, 6) is 0. The molecule has 0 aliphatic heterocycles. The van der Waals surface area contributed by atoms with Crippen molar-refractivity contribution < 1.29 is 4.79 Å². The predicted octanol–water partition coefficient (Wildman–Crippen LogP) is 4.03. The third kappa shape index (κ3) is 2.56. The average Bonchev–Trinajstić information content (AvgIpc) is 2.39. The van der Waals surface area contributed by atoms with Crippen molar-refractivity contribution in [3.05, 3.63) is 58.6 Å². The van der Waals surface area contributed by atoms with Gasteiger partial charge in [0.05, 0.1) is 5.69 Å². The molecule has 0 heterocycles. The zero-order valence-electron chi connectivity index (χ0n) is 9.43. The van der Waals surface area contributed by atoms with Crippen LogP contribution >= 0.6 is 15.9 Å². The van der Waals surface area contributed by atoms with E-state index in [0.29, 0.717) is 5.56 Å². The van der Waals surface area contributed by atoms with Crippen LogP contribution in [-0.2, 0) is 0 Å². The zero-order valence-corrected chi connectivity index (χ0v) is 11.0. The monoisotopic (exact) mass is 289 g/mol. The van der Waals surface area contributed by atoms with Crippen LogP contribution in [0.3, 0.4) is 0 Å². The van der Waals surface area contributed by atoms with Crippen molar-refractivity contribution in [2.45, 2.75) is 0 Å². The fourth-order valence-electron chi connectivity index (χ4n) is 1.70. The second-order valence-electron chi connectivity index (χ2n) is 3.72. The molecule has 2 nitrogen and oxygen atoms in total. The SMILES string of the molecule is CN(c1ccccc1)c1cc(Br)ccc1C=O. The van der Waals surface area contributed by atoms with E-state index in [1.165, 1.54) is 0 Å². The van der Waals surface area contributed by atoms with E-state index in [2.05, 4.69) is 15.9 Å². The summed E-state index contributed by atoms with van der Waals surface area (Å²) in [5, 5.41) is 0. The number of nitrogens with zero attached hydrogens (tertiary/aromatic N) is 1. The summed E-state index contributed by atoms with van der Waals surface area (Å²) < 4.78 is 0.959. The lowest BCUT2D eigenvalue weighted by molar-refractivity contribution is 0.112. The summed E-state index contributed by atoms with van der Waals surface area (Å²) in [7, 11) is 1.95. The Morgan fingerprint density at radius 3 is 2.47 bits per heavy atom. The molecule has 0 spiro atoms. The van der Waals surface area contributed by atoms with E-state index in [-0.39, 0.29) is 0 Å². The van der Waals surface area contributed by atoms with Gasteiger partial charge in [-0.3, -0.25) is 4.79 Å². The van der Waals surface area contributed by atoms with Gasteiger partial charge in [-0.2, -0.15) is 0 Å². The normalized spacial score (nSPS) is 10.0. The van der Waals surface area contributed by atoms with E-state index < -0.39 is 0 Å². The van der Waals surface area contributed by atoms with Crippen LogP contribution in [0.25, 0.3) is 0 Å². The first-order chi connectivity index (χ1) is 8.22. The zero-order chi connectivity index (χ0) is 12.3. The predicted molar refractivity (Wildman–Crippen MR) is 74.0 cm³/mol. The highest BCUT2D eigenvalue weighted by Gasteiger charge is 2.09. The molecule has 2 rings (SSSR count). The minimum absolute atomic E-state index is 0.680. The highest BCUT2D eigenvalue weighted by molar-refractivity contribution is 9.10. The van der Waals surface area contributed by atoms with Gasteiger partial charge in [-0.25, -0.2) is 0 Å². The van der Waals surface area contributed by atoms with Crippen molar-refractivity contribution >= 4 is 33.6 Å². The van der Waals surface area contributed by atoms with Crippen LogP contribution in [0.1, 0.15) is 10.4 Å². The van der Waals surface area contributed by atoms with Crippen molar-refractivity contribution in [3.63, 3.8) is 0 Å². The molecule has 0 aromatic heterocycles. The Balaban J connectivity index is 2.46. The van der Waals surface area contributed by atoms with Crippen LogP contribution < -0.4 is 4.90 Å². The molecule has 0 aliphatic rings. The summed E-state index contributed by atoms with van der Waals surface area (Å²) in [6.07, 6.45) is 0.876. The quantitative estimate of drug-likeness (QED) is 0.795. The summed E-state index contributed by atoms with van der Waals surface area (Å²) in [6.45, 7) is 0. The number of hydrogen-bond donors (Lipinski definition) is 0. The first-order valence-electron chi connectivity index (χ1n) is 5.26. The Hall–Kier alpha value is -1.61. The van der Waals surface area contributed by atoms with Crippen LogP contribution in [0.4, 0.5) is 11.4 Å². The second-order valence-corrected chi connectivity index (χ2v) is 4.63. The van der Waals surface area contributed by atoms with Crippen LogP contribution in [0.15, 0.2) is 53.0 Å². The Bertz CT molecular complexity index is 525. The van der Waals surface area contributed by atoms with E-state index in [9.17, 15) is 4.79 Å². The molecule has 0 aliphatic carbocycles. The van der Waals surface area contributed by atoms with Gasteiger partial charge in [0.15, 0.2) is 6.29 Å². The van der Waals surface area contributed by atoms with Gasteiger partial charge in [0, 0.05) is 22.8 Å². The molecule has 0 radical (unpaired) electrons. The van der Waals surface area contributed by atoms with Crippen LogP contribution in [0, 0.1) is 0 Å². The molecule has 17 heavy (non-hydrogen) atoms. The fourth-order valence-corrected chi connectivity index (χ4v) is 2.05. The van der Waals surface area contributed by atoms with E-state index in [4.69, 9.17) is 0 Å². The molecule has 0 saturated heterocycles. The lowest BCUT2D eigenvalue weighted by Crippen LogP contribution is -2.11. The van der Waals surface area contributed by atoms with Crippen molar-refractivity contribution in [1.82, 2.24) is 0 Å². The molecule has 0 fully saturated rings. The minimum Gasteiger partial charge on any atom is -0.344 e. The lowest BCUT2D eigenvalue weighted by atomic mass is 10.1. The third-order valence-electron chi connectivity index (χ3n) is 2.62. The number of anilines is 2. The van der Waals surface area contributed by atoms with E-state index >= 15 is 0 Å². The van der Waals surface area contributed by atoms with E-state index in [0.717, 1.165) is 22.1 Å². The molecule has 3 heteroatoms. The second kappa shape index (κ2) is 5.15. The number of halogens is 1. The number of hydrogen-bond acceptors (Lipinski definition) is 2. The third-order valence-corrected chi connectivity index (χ3v) is 3.12. The molecule has 86 valence electrons. The molecule has 0 atom stereocenters. The molecular weight excluding hydrogens is 278 g/mol. The topological polar surface area (TPSA) is 20.3 Å². The lowest BCUT2D eigenvalue weighted by Gasteiger charge is -2.21. The maximum atomic E-state index is 11.0. The van der Waals surface area contributed by atoms with Gasteiger partial charge in [-0.1, -0.05) is 34.1 Å². The summed E-state index contributed by atoms with van der Waals surface area (Å²) in [6, 6.07) is 15.6. The Morgan fingerprint density at radius 1 is 1.12 bits per heavy atom. The molecule has 0 N–H and O–H groups in total. The smallest absolute Gasteiger partial charge is 0.152 e. The number of rotatable bonds is 3. The number of carbonyl (C=O) groups excluding carboxylic acids is 1. The van der Waals surface area contributed by atoms with Crippen molar-refractivity contribution in [2.75, 3.05) is 11.9 Å². The number of para-hydroxylation sites is 1. The number of benzene rings is 2. The van der Waals surface area contributed by atoms with Gasteiger partial charge >= 0.3 is 0 Å². The molecule has 0 saturated carbocycles. The van der Waals surface area contributed by atoms with E-state index in [1.807, 2.05) is 60.5 Å². The van der Waals surface area contributed by atoms with E-state index in [1.54, 1.807) is 0 Å². The summed E-state index contributed by atoms with van der Waals surface area (Å²) in [4.78, 5) is 13.0. The van der Waals surface area contributed by atoms with Crippen LogP contribution in [0.5, 0.6) is 0 Å². The van der Waals surface area contributed by atoms with Gasteiger partial charge in [0.1, 0.15) is 0 Å². The number of aldehydes is 1. The molecule has 2 aromatic carbocycles. The maximum absolute atomic E-state index is 11.0. The van der Waals surface area contributed by atoms with Crippen molar-refractivity contribution in [3.8, 4) is 0 Å². The largest absolute Gasteiger partial charge is 0.344 e. The number of carbonyl (C=O) groups is 1. The highest BCUT2D eigenvalue weighted by Crippen LogP contribution is 2.28. The van der Waals surface area contributed by atoms with Crippen LogP contribution in [-0.4, -0.2) is 13.3 Å². The van der Waals surface area contributed by atoms with Crippen molar-refractivity contribution in [2.24, 2.45) is 0 Å². The highest BCUT2D eigenvalue weighted by atomic mass is 79.9. The van der Waals surface area contributed by atoms with Gasteiger partial charge in [0.2, 0.25) is 0 Å². The Morgan fingerprint density at radius 2 is 1.82 bits per heavy atom. The molecule has 2 aromatic rings. The average molecular weight is 290 g/mol. The Kier molecular flexibility index (Phi) is 3.59. The summed E-state index contributed by atoms with van der Waals surface area (Å²) in [5.41, 5.74) is 2.62. The first kappa shape index (κ1) is 11.9. The summed E-state index contributed by atoms with van der Waals surface area (Å²) >= 11 is 3.42. The maximum Gasteiger partial charge on any atom is 0.152 e. The first-order valence-corrected chi connectivity index (χ1v) is 6.05. The minimum atomic E-state index is 0.680. The molecule has 0 unspecified atom stereocenters. The molecular formula is C14H12BrNO. The van der Waals surface area contributed by atoms with Gasteiger partial charge < -0.3 is 4.90 Å². The standard InChI is InChI=1S/C14H12BrNO/c1-16(13-5-3-2-4-6-13)14-9-12(15)8-7-11(14)10-17/h2-10H,1H3. The van der Waals surface area contributed by atoms with Crippen LogP contribution in [0.2, 0.25) is 0 Å². The van der Waals surface area contributed by atoms with Gasteiger partial charge in [0.25, 0.3) is 0 Å².